The Hall–Kier alpha value is -2.01. The molecule has 0 aliphatic carbocycles. The lowest BCUT2D eigenvalue weighted by Crippen LogP contribution is -2.23. The number of amides is 1. The van der Waals surface area contributed by atoms with E-state index in [2.05, 4.69) is 10.3 Å². The molecule has 1 aromatic heterocycles. The second-order valence-electron chi connectivity index (χ2n) is 3.66. The van der Waals surface area contributed by atoms with Crippen LogP contribution in [0.2, 0.25) is 0 Å². The van der Waals surface area contributed by atoms with Gasteiger partial charge in [0.05, 0.1) is 5.56 Å². The van der Waals surface area contributed by atoms with Gasteiger partial charge in [-0.1, -0.05) is 6.07 Å². The Morgan fingerprint density at radius 3 is 2.68 bits per heavy atom. The average molecular weight is 285 g/mol. The third-order valence-electron chi connectivity index (χ3n) is 2.38. The summed E-state index contributed by atoms with van der Waals surface area (Å²) in [5.41, 5.74) is 0.619. The summed E-state index contributed by atoms with van der Waals surface area (Å²) in [6.07, 6.45) is 2.97. The fraction of sp³-hybridized carbons (Fsp3) is 0.0769. The van der Waals surface area contributed by atoms with Crippen molar-refractivity contribution in [1.82, 2.24) is 10.3 Å². The number of halogens is 3. The third kappa shape index (κ3) is 3.99. The zero-order chi connectivity index (χ0) is 13.0. The van der Waals surface area contributed by atoms with Crippen LogP contribution in [0.4, 0.5) is 8.78 Å². The Morgan fingerprint density at radius 1 is 1.26 bits per heavy atom. The van der Waals surface area contributed by atoms with Gasteiger partial charge in [0.25, 0.3) is 5.91 Å². The number of nitrogens with zero attached hydrogens (tertiary/aromatic N) is 1. The zero-order valence-electron chi connectivity index (χ0n) is 9.77. The van der Waals surface area contributed by atoms with E-state index < -0.39 is 11.6 Å². The summed E-state index contributed by atoms with van der Waals surface area (Å²) in [6.45, 7) is -0.000158. The first-order valence-corrected chi connectivity index (χ1v) is 5.29. The van der Waals surface area contributed by atoms with E-state index in [1.807, 2.05) is 0 Å². The number of carbonyl (C=O) groups is 1. The minimum atomic E-state index is -0.679. The van der Waals surface area contributed by atoms with Crippen LogP contribution in [0.3, 0.4) is 0 Å². The SMILES string of the molecule is Cl.O=C(NCc1ccc(F)cc1F)c1cccnc1. The molecule has 0 saturated heterocycles. The first kappa shape index (κ1) is 15.0. The van der Waals surface area contributed by atoms with E-state index in [4.69, 9.17) is 0 Å². The van der Waals surface area contributed by atoms with Crippen molar-refractivity contribution < 1.29 is 13.6 Å². The summed E-state index contributed by atoms with van der Waals surface area (Å²) < 4.78 is 26.0. The number of hydrogen-bond acceptors (Lipinski definition) is 2. The van der Waals surface area contributed by atoms with Crippen molar-refractivity contribution in [2.45, 2.75) is 6.54 Å². The standard InChI is InChI=1S/C13H10F2N2O.ClH/c14-11-4-3-9(12(15)6-11)8-17-13(18)10-2-1-5-16-7-10;/h1-7H,8H2,(H,17,18);1H. The molecule has 0 aliphatic rings. The zero-order valence-corrected chi connectivity index (χ0v) is 10.6. The normalized spacial score (nSPS) is 9.58. The van der Waals surface area contributed by atoms with Crippen LogP contribution in [0.5, 0.6) is 0 Å². The van der Waals surface area contributed by atoms with Gasteiger partial charge in [-0.05, 0) is 18.2 Å². The lowest BCUT2D eigenvalue weighted by molar-refractivity contribution is 0.0950. The van der Waals surface area contributed by atoms with Gasteiger partial charge in [-0.2, -0.15) is 0 Å². The number of benzene rings is 1. The number of hydrogen-bond donors (Lipinski definition) is 1. The van der Waals surface area contributed by atoms with E-state index in [1.54, 1.807) is 18.3 Å². The van der Waals surface area contributed by atoms with Crippen molar-refractivity contribution in [2.24, 2.45) is 0 Å². The van der Waals surface area contributed by atoms with Gasteiger partial charge in [0.2, 0.25) is 0 Å². The van der Waals surface area contributed by atoms with E-state index in [-0.39, 0.29) is 30.4 Å². The Bertz CT molecular complexity index is 564. The predicted octanol–water partition coefficient (Wildman–Crippen LogP) is 2.71. The third-order valence-corrected chi connectivity index (χ3v) is 2.38. The average Bonchev–Trinajstić information content (AvgIpc) is 2.38. The highest BCUT2D eigenvalue weighted by molar-refractivity contribution is 5.93. The first-order valence-electron chi connectivity index (χ1n) is 5.29. The highest BCUT2D eigenvalue weighted by Crippen LogP contribution is 2.09. The number of pyridine rings is 1. The van der Waals surface area contributed by atoms with Gasteiger partial charge < -0.3 is 5.32 Å². The topological polar surface area (TPSA) is 42.0 Å². The molecule has 2 rings (SSSR count). The van der Waals surface area contributed by atoms with Gasteiger partial charge in [0, 0.05) is 30.6 Å². The maximum atomic E-state index is 13.3. The summed E-state index contributed by atoms with van der Waals surface area (Å²) in [4.78, 5) is 15.5. The number of carbonyl (C=O) groups excluding carboxylic acids is 1. The molecule has 0 bridgehead atoms. The molecule has 1 aromatic carbocycles. The number of aromatic nitrogens is 1. The molecular formula is C13H11ClF2N2O. The summed E-state index contributed by atoms with van der Waals surface area (Å²) in [7, 11) is 0. The van der Waals surface area contributed by atoms with Crippen molar-refractivity contribution in [1.29, 1.82) is 0 Å². The van der Waals surface area contributed by atoms with Gasteiger partial charge in [0.15, 0.2) is 0 Å². The Morgan fingerprint density at radius 2 is 2.05 bits per heavy atom. The molecule has 0 spiro atoms. The van der Waals surface area contributed by atoms with Crippen LogP contribution in [-0.2, 0) is 6.54 Å². The lowest BCUT2D eigenvalue weighted by atomic mass is 10.2. The van der Waals surface area contributed by atoms with Crippen LogP contribution < -0.4 is 5.32 Å². The summed E-state index contributed by atoms with van der Waals surface area (Å²) in [6, 6.07) is 6.46. The molecule has 0 unspecified atom stereocenters. The molecule has 0 atom stereocenters. The maximum Gasteiger partial charge on any atom is 0.253 e. The molecular weight excluding hydrogens is 274 g/mol. The van der Waals surface area contributed by atoms with Crippen LogP contribution in [0.25, 0.3) is 0 Å². The van der Waals surface area contributed by atoms with E-state index in [1.165, 1.54) is 12.3 Å². The van der Waals surface area contributed by atoms with Crippen molar-refractivity contribution >= 4 is 18.3 Å². The van der Waals surface area contributed by atoms with Gasteiger partial charge >= 0.3 is 0 Å². The second kappa shape index (κ2) is 6.80. The minimum absolute atomic E-state index is 0. The highest BCUT2D eigenvalue weighted by Gasteiger charge is 2.07. The van der Waals surface area contributed by atoms with Gasteiger partial charge in [0.1, 0.15) is 11.6 Å². The molecule has 2 aromatic rings. The van der Waals surface area contributed by atoms with Gasteiger partial charge in [-0.15, -0.1) is 12.4 Å². The molecule has 19 heavy (non-hydrogen) atoms. The Balaban J connectivity index is 0.00000180. The molecule has 0 fully saturated rings. The maximum absolute atomic E-state index is 13.3. The molecule has 0 radical (unpaired) electrons. The van der Waals surface area contributed by atoms with Crippen LogP contribution in [0, 0.1) is 11.6 Å². The molecule has 6 heteroatoms. The van der Waals surface area contributed by atoms with E-state index in [9.17, 15) is 13.6 Å². The molecule has 1 heterocycles. The molecule has 100 valence electrons. The van der Waals surface area contributed by atoms with E-state index >= 15 is 0 Å². The summed E-state index contributed by atoms with van der Waals surface area (Å²) in [5.74, 6) is -1.68. The van der Waals surface area contributed by atoms with Crippen molar-refractivity contribution in [3.8, 4) is 0 Å². The molecule has 3 nitrogen and oxygen atoms in total. The van der Waals surface area contributed by atoms with Crippen molar-refractivity contribution in [2.75, 3.05) is 0 Å². The minimum Gasteiger partial charge on any atom is -0.348 e. The quantitative estimate of drug-likeness (QED) is 0.942. The van der Waals surface area contributed by atoms with Gasteiger partial charge in [-0.25, -0.2) is 8.78 Å². The second-order valence-corrected chi connectivity index (χ2v) is 3.66. The number of nitrogens with one attached hydrogen (secondary N) is 1. The van der Waals surface area contributed by atoms with Crippen molar-refractivity contribution in [3.63, 3.8) is 0 Å². The van der Waals surface area contributed by atoms with E-state index in [0.717, 1.165) is 12.1 Å². The highest BCUT2D eigenvalue weighted by atomic mass is 35.5. The Kier molecular flexibility index (Phi) is 5.38. The van der Waals surface area contributed by atoms with Crippen LogP contribution >= 0.6 is 12.4 Å². The summed E-state index contributed by atoms with van der Waals surface area (Å²) >= 11 is 0. The fourth-order valence-electron chi connectivity index (χ4n) is 1.44. The van der Waals surface area contributed by atoms with Gasteiger partial charge in [-0.3, -0.25) is 9.78 Å². The lowest BCUT2D eigenvalue weighted by Gasteiger charge is -2.06. The van der Waals surface area contributed by atoms with E-state index in [0.29, 0.717) is 5.56 Å². The molecule has 1 N–H and O–H groups in total. The Labute approximate surface area is 115 Å². The van der Waals surface area contributed by atoms with Crippen LogP contribution in [-0.4, -0.2) is 10.9 Å². The first-order chi connectivity index (χ1) is 8.66. The van der Waals surface area contributed by atoms with Crippen LogP contribution in [0.15, 0.2) is 42.7 Å². The molecule has 1 amide bonds. The fourth-order valence-corrected chi connectivity index (χ4v) is 1.44. The smallest absolute Gasteiger partial charge is 0.253 e. The van der Waals surface area contributed by atoms with Crippen LogP contribution in [0.1, 0.15) is 15.9 Å². The summed E-state index contributed by atoms with van der Waals surface area (Å²) in [5, 5.41) is 2.53. The molecule has 0 aliphatic heterocycles. The number of rotatable bonds is 3. The predicted molar refractivity (Wildman–Crippen MR) is 69.0 cm³/mol. The molecule has 0 saturated carbocycles. The monoisotopic (exact) mass is 284 g/mol. The van der Waals surface area contributed by atoms with Crippen molar-refractivity contribution in [3.05, 3.63) is 65.5 Å². The largest absolute Gasteiger partial charge is 0.348 e.